The van der Waals surface area contributed by atoms with Crippen molar-refractivity contribution in [3.8, 4) is 0 Å². The quantitative estimate of drug-likeness (QED) is 0.464. The average molecular weight is 296 g/mol. The normalized spacial score (nSPS) is 40.4. The van der Waals surface area contributed by atoms with Gasteiger partial charge in [0, 0.05) is 0 Å². The van der Waals surface area contributed by atoms with E-state index in [4.69, 9.17) is 9.84 Å². The second-order valence-corrected chi connectivity index (χ2v) is 5.57. The zero-order valence-corrected chi connectivity index (χ0v) is 8.43. The molecular formula is C7H5IO5. The van der Waals surface area contributed by atoms with E-state index in [1.807, 2.05) is 0 Å². The van der Waals surface area contributed by atoms with E-state index in [1.54, 1.807) is 0 Å². The lowest BCUT2D eigenvalue weighted by molar-refractivity contribution is -0.141. The number of carbonyl (C=O) groups is 1. The summed E-state index contributed by atoms with van der Waals surface area (Å²) in [5.41, 5.74) is -1.64. The molecule has 2 unspecified atom stereocenters. The highest BCUT2D eigenvalue weighted by Gasteiger charge is 2.78. The molecule has 70 valence electrons. The molecule has 5 nitrogen and oxygen atoms in total. The van der Waals surface area contributed by atoms with Crippen molar-refractivity contribution in [1.29, 1.82) is 0 Å². The first kappa shape index (κ1) is 8.82. The lowest BCUT2D eigenvalue weighted by atomic mass is 10.0. The Labute approximate surface area is 80.2 Å². The molecular weight excluding hydrogens is 291 g/mol. The molecule has 0 spiro atoms. The van der Waals surface area contributed by atoms with Crippen molar-refractivity contribution in [3.05, 3.63) is 24.3 Å². The van der Waals surface area contributed by atoms with E-state index >= 15 is 0 Å². The second-order valence-electron chi connectivity index (χ2n) is 2.72. The lowest BCUT2D eigenvalue weighted by Crippen LogP contribution is -2.29. The van der Waals surface area contributed by atoms with Crippen LogP contribution in [0.5, 0.6) is 0 Å². The molecule has 13 heavy (non-hydrogen) atoms. The smallest absolute Gasteiger partial charge is 0.348 e. The largest absolute Gasteiger partial charge is 0.479 e. The van der Waals surface area contributed by atoms with Gasteiger partial charge in [0.25, 0.3) is 0 Å². The molecule has 1 aliphatic heterocycles. The number of hydrogen-bond acceptors (Lipinski definition) is 4. The van der Waals surface area contributed by atoms with Crippen molar-refractivity contribution in [2.24, 2.45) is 0 Å². The monoisotopic (exact) mass is 296 g/mol. The number of rotatable bonds is 2. The van der Waals surface area contributed by atoms with Crippen LogP contribution < -0.4 is 0 Å². The maximum atomic E-state index is 10.9. The Kier molecular flexibility index (Phi) is 1.62. The Morgan fingerprint density at radius 3 is 2.38 bits per heavy atom. The van der Waals surface area contributed by atoms with Crippen molar-refractivity contribution >= 4 is 25.8 Å². The first-order chi connectivity index (χ1) is 6.05. The number of ether oxygens (including phenoxy) is 1. The van der Waals surface area contributed by atoms with Gasteiger partial charge in [0.2, 0.25) is 9.21 Å². The number of carboxylic acids is 1. The standard InChI is InChI=1S/C7H5IO5/c9-5(10)6-3-1-2-4-7(6,13-6)8(11)12/h1-4H,(H,9,10). The van der Waals surface area contributed by atoms with Crippen molar-refractivity contribution in [2.45, 2.75) is 9.21 Å². The molecule has 0 aromatic heterocycles. The Balaban J connectivity index is 2.52. The topological polar surface area (TPSA) is 84.0 Å². The maximum absolute atomic E-state index is 10.9. The summed E-state index contributed by atoms with van der Waals surface area (Å²) in [6.07, 6.45) is 5.50. The second kappa shape index (κ2) is 2.38. The van der Waals surface area contributed by atoms with E-state index in [9.17, 15) is 10.9 Å². The minimum Gasteiger partial charge on any atom is -0.479 e. The van der Waals surface area contributed by atoms with Crippen LogP contribution in [0.4, 0.5) is 0 Å². The number of aliphatic carboxylic acids is 1. The van der Waals surface area contributed by atoms with Gasteiger partial charge in [-0.25, -0.2) is 10.9 Å². The summed E-state index contributed by atoms with van der Waals surface area (Å²) >= 11 is -3.83. The van der Waals surface area contributed by atoms with Crippen molar-refractivity contribution in [2.75, 3.05) is 0 Å². The van der Waals surface area contributed by atoms with Gasteiger partial charge in [-0.2, -0.15) is 0 Å². The van der Waals surface area contributed by atoms with Gasteiger partial charge in [-0.1, -0.05) is 12.2 Å². The van der Waals surface area contributed by atoms with Crippen molar-refractivity contribution in [1.82, 2.24) is 0 Å². The fourth-order valence-corrected chi connectivity index (χ4v) is 3.44. The molecule has 6 heteroatoms. The average Bonchev–Trinajstić information content (AvgIpc) is 2.75. The van der Waals surface area contributed by atoms with Crippen molar-refractivity contribution < 1.29 is 20.8 Å². The molecule has 0 saturated carbocycles. The van der Waals surface area contributed by atoms with Crippen LogP contribution in [0.3, 0.4) is 0 Å². The molecule has 0 aromatic rings. The highest BCUT2D eigenvalue weighted by Crippen LogP contribution is 2.61. The van der Waals surface area contributed by atoms with E-state index in [0.29, 0.717) is 0 Å². The first-order valence-corrected chi connectivity index (χ1v) is 6.25. The number of alkyl halides is 1. The van der Waals surface area contributed by atoms with Crippen LogP contribution >= 0.6 is 19.8 Å². The van der Waals surface area contributed by atoms with Crippen LogP contribution in [0, 0.1) is 0 Å². The summed E-state index contributed by atoms with van der Waals surface area (Å²) in [6, 6.07) is 0. The molecule has 0 radical (unpaired) electrons. The van der Waals surface area contributed by atoms with E-state index in [1.165, 1.54) is 24.3 Å². The third-order valence-corrected chi connectivity index (χ3v) is 4.76. The molecule has 0 bridgehead atoms. The molecule has 1 aliphatic carbocycles. The van der Waals surface area contributed by atoms with Gasteiger partial charge in [0.05, 0.1) is 0 Å². The predicted molar refractivity (Wildman–Crippen MR) is 47.9 cm³/mol. The van der Waals surface area contributed by atoms with E-state index < -0.39 is 35.0 Å². The third kappa shape index (κ3) is 0.869. The number of halogens is 1. The van der Waals surface area contributed by atoms with Gasteiger partial charge in [-0.15, -0.1) is 0 Å². The fourth-order valence-electron chi connectivity index (χ4n) is 1.34. The molecule has 0 aromatic carbocycles. The number of carboxylic acid groups (broad SMARTS) is 1. The van der Waals surface area contributed by atoms with Gasteiger partial charge in [-0.3, -0.25) is 0 Å². The van der Waals surface area contributed by atoms with Crippen LogP contribution in [0.25, 0.3) is 0 Å². The molecule has 0 amide bonds. The summed E-state index contributed by atoms with van der Waals surface area (Å²) in [4.78, 5) is 10.8. The summed E-state index contributed by atoms with van der Waals surface area (Å²) in [5.74, 6) is -1.26. The van der Waals surface area contributed by atoms with Crippen LogP contribution in [0.15, 0.2) is 24.3 Å². The highest BCUT2D eigenvalue weighted by atomic mass is 127. The maximum Gasteiger partial charge on any atom is 0.348 e. The summed E-state index contributed by atoms with van der Waals surface area (Å²) < 4.78 is 25.1. The van der Waals surface area contributed by atoms with E-state index in [-0.39, 0.29) is 0 Å². The van der Waals surface area contributed by atoms with Gasteiger partial charge in [0.15, 0.2) is 0 Å². The van der Waals surface area contributed by atoms with Crippen LogP contribution in [0.1, 0.15) is 0 Å². The Morgan fingerprint density at radius 1 is 1.31 bits per heavy atom. The molecule has 1 saturated heterocycles. The van der Waals surface area contributed by atoms with Crippen LogP contribution in [0.2, 0.25) is 0 Å². The number of hydrogen-bond donors (Lipinski definition) is 1. The summed E-state index contributed by atoms with van der Waals surface area (Å²) in [6.45, 7) is 0. The molecule has 1 fully saturated rings. The van der Waals surface area contributed by atoms with Crippen molar-refractivity contribution in [3.63, 3.8) is 0 Å². The summed E-state index contributed by atoms with van der Waals surface area (Å²) in [7, 11) is 0. The van der Waals surface area contributed by atoms with Crippen LogP contribution in [-0.4, -0.2) is 20.3 Å². The van der Waals surface area contributed by atoms with Gasteiger partial charge < -0.3 is 9.84 Å². The molecule has 2 aliphatic rings. The minimum absolute atomic E-state index is 1.26. The zero-order chi connectivity index (χ0) is 9.69. The predicted octanol–water partition coefficient (Wildman–Crippen LogP) is 0.860. The number of epoxide rings is 1. The SMILES string of the molecule is O=C(O)C12C=CC=CC1(I(=O)=O)O2. The zero-order valence-electron chi connectivity index (χ0n) is 6.27. The van der Waals surface area contributed by atoms with E-state index in [2.05, 4.69) is 0 Å². The first-order valence-electron chi connectivity index (χ1n) is 3.41. The van der Waals surface area contributed by atoms with Gasteiger partial charge in [0.1, 0.15) is 0 Å². The lowest BCUT2D eigenvalue weighted by Gasteiger charge is -2.04. The molecule has 2 rings (SSSR count). The molecule has 2 atom stereocenters. The fraction of sp³-hybridized carbons (Fsp3) is 0.286. The Morgan fingerprint density at radius 2 is 1.92 bits per heavy atom. The summed E-state index contributed by atoms with van der Waals surface area (Å²) in [5, 5.41) is 8.79. The Bertz CT molecular complexity index is 399. The highest BCUT2D eigenvalue weighted by molar-refractivity contribution is 14.2. The molecule has 1 heterocycles. The molecule has 1 N–H and O–H groups in total. The number of fused-ring (bicyclic) bond motifs is 1. The van der Waals surface area contributed by atoms with E-state index in [0.717, 1.165) is 0 Å². The Hall–Kier alpha value is -0.760. The van der Waals surface area contributed by atoms with Gasteiger partial charge in [-0.05, 0) is 12.2 Å². The van der Waals surface area contributed by atoms with Crippen LogP contribution in [-0.2, 0) is 15.7 Å². The number of allylic oxidation sites excluding steroid dienone is 2. The van der Waals surface area contributed by atoms with Gasteiger partial charge >= 0.3 is 25.8 Å². The minimum atomic E-state index is -3.83. The third-order valence-electron chi connectivity index (χ3n) is 2.07.